The summed E-state index contributed by atoms with van der Waals surface area (Å²) in [5.41, 5.74) is 3.68. The third-order valence-corrected chi connectivity index (χ3v) is 5.75. The van der Waals surface area contributed by atoms with Gasteiger partial charge in [0.1, 0.15) is 5.82 Å². The van der Waals surface area contributed by atoms with Crippen LogP contribution in [0.2, 0.25) is 0 Å². The van der Waals surface area contributed by atoms with Crippen LogP contribution in [0.3, 0.4) is 0 Å². The van der Waals surface area contributed by atoms with Crippen molar-refractivity contribution in [2.24, 2.45) is 4.99 Å². The maximum atomic E-state index is 4.77. The Balaban J connectivity index is 1.45. The van der Waals surface area contributed by atoms with Gasteiger partial charge in [0, 0.05) is 58.2 Å². The Morgan fingerprint density at radius 2 is 2.03 bits per heavy atom. The molecule has 0 radical (unpaired) electrons. The van der Waals surface area contributed by atoms with E-state index >= 15 is 0 Å². The van der Waals surface area contributed by atoms with Gasteiger partial charge in [0.25, 0.3) is 0 Å². The van der Waals surface area contributed by atoms with Crippen molar-refractivity contribution in [3.8, 4) is 0 Å². The second-order valence-electron chi connectivity index (χ2n) is 8.32. The Bertz CT molecular complexity index is 912. The number of hydrogen-bond donors (Lipinski definition) is 3. The highest BCUT2D eigenvalue weighted by Crippen LogP contribution is 2.33. The number of aromatic nitrogens is 3. The molecule has 1 aliphatic carbocycles. The molecule has 2 aromatic rings. The molecular weight excluding hydrogens is 390 g/mol. The Labute approximate surface area is 184 Å². The Hall–Kier alpha value is -2.94. The second-order valence-corrected chi connectivity index (χ2v) is 8.32. The molecule has 2 aromatic heterocycles. The number of aliphatic imine (C=N–C) groups is 1. The fourth-order valence-electron chi connectivity index (χ4n) is 4.15. The van der Waals surface area contributed by atoms with Crippen LogP contribution in [-0.2, 0) is 13.0 Å². The van der Waals surface area contributed by atoms with Crippen LogP contribution >= 0.6 is 0 Å². The highest BCUT2D eigenvalue weighted by atomic mass is 15.2. The molecule has 0 saturated heterocycles. The minimum atomic E-state index is 0.319. The van der Waals surface area contributed by atoms with Crippen LogP contribution in [-0.4, -0.2) is 73.1 Å². The highest BCUT2D eigenvalue weighted by molar-refractivity contribution is 5.81. The predicted octanol–water partition coefficient (Wildman–Crippen LogP) is 1.41. The van der Waals surface area contributed by atoms with E-state index in [2.05, 4.69) is 43.9 Å². The lowest BCUT2D eigenvalue weighted by Crippen LogP contribution is -2.36. The quantitative estimate of drug-likeness (QED) is 0.549. The van der Waals surface area contributed by atoms with Crippen LogP contribution in [0.25, 0.3) is 0 Å². The van der Waals surface area contributed by atoms with Crippen molar-refractivity contribution < 1.29 is 0 Å². The zero-order valence-electron chi connectivity index (χ0n) is 18.7. The summed E-state index contributed by atoms with van der Waals surface area (Å²) in [6.45, 7) is 4.02. The van der Waals surface area contributed by atoms with Gasteiger partial charge in [-0.1, -0.05) is 6.07 Å². The molecular formula is C22H33N9. The third kappa shape index (κ3) is 5.22. The monoisotopic (exact) mass is 423 g/mol. The molecule has 1 atom stereocenters. The molecule has 3 heterocycles. The summed E-state index contributed by atoms with van der Waals surface area (Å²) < 4.78 is 0. The van der Waals surface area contributed by atoms with Crippen molar-refractivity contribution in [1.29, 1.82) is 0 Å². The van der Waals surface area contributed by atoms with Gasteiger partial charge in [0.05, 0.1) is 18.3 Å². The lowest BCUT2D eigenvalue weighted by Gasteiger charge is -2.32. The number of nitrogens with zero attached hydrogens (tertiary/aromatic N) is 6. The predicted molar refractivity (Wildman–Crippen MR) is 125 cm³/mol. The van der Waals surface area contributed by atoms with Gasteiger partial charge >= 0.3 is 0 Å². The van der Waals surface area contributed by atoms with E-state index in [1.807, 2.05) is 37.5 Å². The first kappa shape index (κ1) is 21.3. The molecule has 4 rings (SSSR count). The fraction of sp³-hybridized carbons (Fsp3) is 0.545. The van der Waals surface area contributed by atoms with Crippen LogP contribution < -0.4 is 20.9 Å². The molecule has 0 saturated carbocycles. The summed E-state index contributed by atoms with van der Waals surface area (Å²) in [4.78, 5) is 22.7. The average molecular weight is 424 g/mol. The number of nitrogens with one attached hydrogen (secondary N) is 3. The van der Waals surface area contributed by atoms with E-state index in [1.54, 1.807) is 0 Å². The first-order valence-corrected chi connectivity index (χ1v) is 11.0. The first-order valence-electron chi connectivity index (χ1n) is 11.0. The van der Waals surface area contributed by atoms with Gasteiger partial charge < -0.3 is 20.9 Å². The summed E-state index contributed by atoms with van der Waals surface area (Å²) in [6, 6.07) is 4.57. The van der Waals surface area contributed by atoms with Gasteiger partial charge in [-0.15, -0.1) is 0 Å². The standard InChI is InChI=1S/C22H33N9/c1-30(2)22-28-14-17(20(29-22)24-10-11-25-21-26-12-13-27-21)15-31(3)18-8-4-6-16-7-5-9-23-19(16)18/h5,7,9,14,18H,4,6,8,10-13,15H2,1-3H3,(H,24,28,29)(H2,25,26,27). The highest BCUT2D eigenvalue weighted by Gasteiger charge is 2.25. The fourth-order valence-corrected chi connectivity index (χ4v) is 4.15. The van der Waals surface area contributed by atoms with Crippen molar-refractivity contribution in [2.45, 2.75) is 31.8 Å². The number of hydrogen-bond acceptors (Lipinski definition) is 9. The van der Waals surface area contributed by atoms with Crippen LogP contribution in [0.15, 0.2) is 29.5 Å². The molecule has 0 aromatic carbocycles. The minimum absolute atomic E-state index is 0.319. The lowest BCUT2D eigenvalue weighted by atomic mass is 9.91. The summed E-state index contributed by atoms with van der Waals surface area (Å²) in [5, 5.41) is 10.0. The van der Waals surface area contributed by atoms with Gasteiger partial charge in [0.15, 0.2) is 5.96 Å². The average Bonchev–Trinajstić information content (AvgIpc) is 3.30. The van der Waals surface area contributed by atoms with E-state index < -0.39 is 0 Å². The Morgan fingerprint density at radius 1 is 1.16 bits per heavy atom. The maximum absolute atomic E-state index is 4.77. The summed E-state index contributed by atoms with van der Waals surface area (Å²) in [7, 11) is 6.09. The van der Waals surface area contributed by atoms with Crippen LogP contribution in [0.1, 0.15) is 35.7 Å². The summed E-state index contributed by atoms with van der Waals surface area (Å²) in [6.07, 6.45) is 7.29. The summed E-state index contributed by atoms with van der Waals surface area (Å²) in [5.74, 6) is 2.46. The summed E-state index contributed by atoms with van der Waals surface area (Å²) >= 11 is 0. The van der Waals surface area contributed by atoms with Crippen LogP contribution in [0, 0.1) is 0 Å². The number of fused-ring (bicyclic) bond motifs is 1. The van der Waals surface area contributed by atoms with Crippen LogP contribution in [0.4, 0.5) is 11.8 Å². The largest absolute Gasteiger partial charge is 0.368 e. The minimum Gasteiger partial charge on any atom is -0.368 e. The Kier molecular flexibility index (Phi) is 6.81. The molecule has 3 N–H and O–H groups in total. The smallest absolute Gasteiger partial charge is 0.226 e. The van der Waals surface area contributed by atoms with Gasteiger partial charge in [0.2, 0.25) is 5.95 Å². The Morgan fingerprint density at radius 3 is 2.84 bits per heavy atom. The number of anilines is 2. The van der Waals surface area contributed by atoms with E-state index in [9.17, 15) is 0 Å². The number of rotatable bonds is 8. The molecule has 1 aliphatic heterocycles. The molecule has 0 amide bonds. The van der Waals surface area contributed by atoms with Gasteiger partial charge in [-0.2, -0.15) is 4.98 Å². The normalized spacial score (nSPS) is 17.7. The molecule has 0 spiro atoms. The van der Waals surface area contributed by atoms with Crippen molar-refractivity contribution >= 4 is 17.7 Å². The van der Waals surface area contributed by atoms with Crippen molar-refractivity contribution in [3.05, 3.63) is 41.3 Å². The van der Waals surface area contributed by atoms with E-state index in [1.165, 1.54) is 17.7 Å². The van der Waals surface area contributed by atoms with Gasteiger partial charge in [-0.05, 0) is 37.9 Å². The number of aryl methyl sites for hydroxylation is 1. The van der Waals surface area contributed by atoms with Crippen molar-refractivity contribution in [3.63, 3.8) is 0 Å². The second kappa shape index (κ2) is 9.91. The molecule has 9 heteroatoms. The van der Waals surface area contributed by atoms with Crippen molar-refractivity contribution in [2.75, 3.05) is 57.5 Å². The van der Waals surface area contributed by atoms with E-state index in [0.29, 0.717) is 12.0 Å². The molecule has 9 nitrogen and oxygen atoms in total. The van der Waals surface area contributed by atoms with Crippen molar-refractivity contribution in [1.82, 2.24) is 30.5 Å². The van der Waals surface area contributed by atoms with E-state index in [0.717, 1.165) is 62.9 Å². The lowest BCUT2D eigenvalue weighted by molar-refractivity contribution is 0.208. The molecule has 31 heavy (non-hydrogen) atoms. The molecule has 0 bridgehead atoms. The van der Waals surface area contributed by atoms with Gasteiger partial charge in [-0.3, -0.25) is 14.9 Å². The molecule has 166 valence electrons. The number of guanidine groups is 1. The zero-order valence-corrected chi connectivity index (χ0v) is 18.7. The van der Waals surface area contributed by atoms with Crippen LogP contribution in [0.5, 0.6) is 0 Å². The topological polar surface area (TPSA) is 93.6 Å². The van der Waals surface area contributed by atoms with E-state index in [4.69, 9.17) is 9.97 Å². The molecule has 0 fully saturated rings. The third-order valence-electron chi connectivity index (χ3n) is 5.75. The zero-order chi connectivity index (χ0) is 21.6. The first-order chi connectivity index (χ1) is 15.1. The molecule has 1 unspecified atom stereocenters. The maximum Gasteiger partial charge on any atom is 0.226 e. The van der Waals surface area contributed by atoms with Gasteiger partial charge in [-0.25, -0.2) is 4.98 Å². The molecule has 2 aliphatic rings. The van der Waals surface area contributed by atoms with E-state index in [-0.39, 0.29) is 0 Å². The number of pyridine rings is 1. The SMILES string of the molecule is CN(C)c1ncc(CN(C)C2CCCc3cccnc32)c(NCCNC2=NCCN2)n1.